The third-order valence-corrected chi connectivity index (χ3v) is 6.06. The molecule has 2 N–H and O–H groups in total. The van der Waals surface area contributed by atoms with Crippen LogP contribution in [-0.4, -0.2) is 61.7 Å². The maximum atomic E-state index is 11.4. The number of hydroxylamine groups is 1. The molecule has 0 saturated carbocycles. The van der Waals surface area contributed by atoms with Gasteiger partial charge in [0.2, 0.25) is 5.95 Å². The van der Waals surface area contributed by atoms with Gasteiger partial charge in [0.25, 0.3) is 5.91 Å². The van der Waals surface area contributed by atoms with Crippen molar-refractivity contribution in [3.8, 4) is 0 Å². The van der Waals surface area contributed by atoms with Gasteiger partial charge in [-0.2, -0.15) is 0 Å². The smallest absolute Gasteiger partial charge is 0.277 e. The van der Waals surface area contributed by atoms with Crippen LogP contribution in [0.25, 0.3) is 11.0 Å². The average Bonchev–Trinajstić information content (AvgIpc) is 3.30. The van der Waals surface area contributed by atoms with Gasteiger partial charge in [-0.3, -0.25) is 19.9 Å². The molecule has 0 aliphatic carbocycles. The second kappa shape index (κ2) is 6.78. The number of aromatic nitrogens is 4. The molecule has 0 aromatic carbocycles. The highest BCUT2D eigenvalue weighted by atomic mass is 16.5. The lowest BCUT2D eigenvalue weighted by Crippen LogP contribution is -2.56. The summed E-state index contributed by atoms with van der Waals surface area (Å²) in [5.74, 6) is 0.0278. The van der Waals surface area contributed by atoms with Gasteiger partial charge in [0.15, 0.2) is 0 Å². The van der Waals surface area contributed by atoms with Gasteiger partial charge in [-0.15, -0.1) is 0 Å². The lowest BCUT2D eigenvalue weighted by molar-refractivity contribution is 0.0119. The van der Waals surface area contributed by atoms with Crippen molar-refractivity contribution in [3.63, 3.8) is 0 Å². The van der Waals surface area contributed by atoms with E-state index >= 15 is 0 Å². The fourth-order valence-corrected chi connectivity index (χ4v) is 4.69. The average molecular weight is 393 g/mol. The van der Waals surface area contributed by atoms with Crippen molar-refractivity contribution < 1.29 is 10.0 Å². The molecule has 3 aromatic rings. The number of amides is 1. The van der Waals surface area contributed by atoms with Gasteiger partial charge in [0.1, 0.15) is 0 Å². The Balaban J connectivity index is 1.22. The van der Waals surface area contributed by atoms with Crippen molar-refractivity contribution in [1.82, 2.24) is 29.9 Å². The Hall–Kier alpha value is -3.04. The summed E-state index contributed by atoms with van der Waals surface area (Å²) in [6.07, 6.45) is 8.04. The van der Waals surface area contributed by atoms with E-state index in [4.69, 9.17) is 5.21 Å². The zero-order chi connectivity index (χ0) is 20.0. The standard InChI is InChI=1S/C20H23N7O2/c1-25-9-15(17-16(25)3-2-5-21-17)10-26-11-20(12-26)4-6-27(13-20)19-22-7-14(8-23-19)18(28)24-29/h2-3,5,7-9,29H,4,6,10-13H2,1H3,(H,24,28). The molecular weight excluding hydrogens is 370 g/mol. The Morgan fingerprint density at radius 1 is 1.24 bits per heavy atom. The van der Waals surface area contributed by atoms with Crippen molar-refractivity contribution >= 4 is 22.9 Å². The number of aryl methyl sites for hydroxylation is 1. The van der Waals surface area contributed by atoms with E-state index in [1.165, 1.54) is 23.5 Å². The lowest BCUT2D eigenvalue weighted by Gasteiger charge is -2.48. The van der Waals surface area contributed by atoms with Crippen LogP contribution >= 0.6 is 0 Å². The first-order chi connectivity index (χ1) is 14.1. The monoisotopic (exact) mass is 393 g/mol. The molecule has 0 atom stereocenters. The minimum absolute atomic E-state index is 0.240. The van der Waals surface area contributed by atoms with E-state index in [1.807, 2.05) is 12.3 Å². The van der Waals surface area contributed by atoms with Crippen molar-refractivity contribution in [2.45, 2.75) is 13.0 Å². The molecule has 2 fully saturated rings. The molecule has 2 saturated heterocycles. The van der Waals surface area contributed by atoms with Crippen molar-refractivity contribution in [2.75, 3.05) is 31.1 Å². The predicted octanol–water partition coefficient (Wildman–Crippen LogP) is 1.19. The van der Waals surface area contributed by atoms with Crippen LogP contribution in [0, 0.1) is 5.41 Å². The van der Waals surface area contributed by atoms with Crippen LogP contribution in [0.5, 0.6) is 0 Å². The van der Waals surface area contributed by atoms with E-state index < -0.39 is 5.91 Å². The first-order valence-corrected chi connectivity index (χ1v) is 9.70. The zero-order valence-corrected chi connectivity index (χ0v) is 16.2. The normalized spacial score (nSPS) is 18.3. The number of carbonyl (C=O) groups excluding carboxylic acids is 1. The van der Waals surface area contributed by atoms with E-state index in [1.54, 1.807) is 5.48 Å². The molecule has 0 radical (unpaired) electrons. The molecule has 29 heavy (non-hydrogen) atoms. The van der Waals surface area contributed by atoms with Crippen LogP contribution < -0.4 is 10.4 Å². The summed E-state index contributed by atoms with van der Waals surface area (Å²) >= 11 is 0. The Morgan fingerprint density at radius 3 is 2.79 bits per heavy atom. The second-order valence-electron chi connectivity index (χ2n) is 8.17. The zero-order valence-electron chi connectivity index (χ0n) is 16.2. The summed E-state index contributed by atoms with van der Waals surface area (Å²) < 4.78 is 2.14. The van der Waals surface area contributed by atoms with Crippen LogP contribution in [-0.2, 0) is 13.6 Å². The highest BCUT2D eigenvalue weighted by molar-refractivity contribution is 5.92. The van der Waals surface area contributed by atoms with E-state index in [2.05, 4.69) is 48.6 Å². The van der Waals surface area contributed by atoms with Gasteiger partial charge in [-0.1, -0.05) is 0 Å². The maximum Gasteiger partial charge on any atom is 0.277 e. The minimum atomic E-state index is -0.605. The number of pyridine rings is 1. The summed E-state index contributed by atoms with van der Waals surface area (Å²) in [7, 11) is 2.06. The first kappa shape index (κ1) is 18.0. The van der Waals surface area contributed by atoms with Crippen molar-refractivity contribution in [2.24, 2.45) is 12.5 Å². The van der Waals surface area contributed by atoms with Gasteiger partial charge in [0, 0.05) is 75.5 Å². The highest BCUT2D eigenvalue weighted by Crippen LogP contribution is 2.41. The van der Waals surface area contributed by atoms with Crippen LogP contribution in [0.2, 0.25) is 0 Å². The van der Waals surface area contributed by atoms with Crippen molar-refractivity contribution in [1.29, 1.82) is 0 Å². The molecule has 5 rings (SSSR count). The number of hydrogen-bond donors (Lipinski definition) is 2. The topological polar surface area (TPSA) is 99.4 Å². The Morgan fingerprint density at radius 2 is 2.03 bits per heavy atom. The number of hydrogen-bond acceptors (Lipinski definition) is 7. The molecule has 0 unspecified atom stereocenters. The number of anilines is 1. The number of rotatable bonds is 4. The summed E-state index contributed by atoms with van der Waals surface area (Å²) in [4.78, 5) is 29.2. The largest absolute Gasteiger partial charge is 0.349 e. The molecule has 9 heteroatoms. The van der Waals surface area contributed by atoms with Crippen LogP contribution in [0.1, 0.15) is 22.3 Å². The Labute approximate surface area is 168 Å². The van der Waals surface area contributed by atoms with Crippen molar-refractivity contribution in [3.05, 3.63) is 48.0 Å². The summed E-state index contributed by atoms with van der Waals surface area (Å²) in [6, 6.07) is 4.08. The van der Waals surface area contributed by atoms with Crippen LogP contribution in [0.15, 0.2) is 36.9 Å². The lowest BCUT2D eigenvalue weighted by atomic mass is 9.79. The fourth-order valence-electron chi connectivity index (χ4n) is 4.69. The minimum Gasteiger partial charge on any atom is -0.349 e. The number of nitrogens with one attached hydrogen (secondary N) is 1. The quantitative estimate of drug-likeness (QED) is 0.507. The van der Waals surface area contributed by atoms with E-state index in [9.17, 15) is 4.79 Å². The highest BCUT2D eigenvalue weighted by Gasteiger charge is 2.48. The van der Waals surface area contributed by atoms with Crippen LogP contribution in [0.3, 0.4) is 0 Å². The van der Waals surface area contributed by atoms with E-state index in [0.29, 0.717) is 5.95 Å². The van der Waals surface area contributed by atoms with Gasteiger partial charge < -0.3 is 9.47 Å². The summed E-state index contributed by atoms with van der Waals surface area (Å²) in [5.41, 5.74) is 5.64. The number of fused-ring (bicyclic) bond motifs is 1. The van der Waals surface area contributed by atoms with Crippen LogP contribution in [0.4, 0.5) is 5.95 Å². The molecule has 9 nitrogen and oxygen atoms in total. The molecule has 1 amide bonds. The predicted molar refractivity (Wildman–Crippen MR) is 107 cm³/mol. The first-order valence-electron chi connectivity index (χ1n) is 9.70. The number of nitrogens with zero attached hydrogens (tertiary/aromatic N) is 6. The van der Waals surface area contributed by atoms with Gasteiger partial charge in [-0.05, 0) is 18.6 Å². The second-order valence-corrected chi connectivity index (χ2v) is 8.17. The summed E-state index contributed by atoms with van der Waals surface area (Å²) in [5, 5.41) is 8.69. The molecule has 0 bridgehead atoms. The maximum absolute atomic E-state index is 11.4. The Bertz CT molecular complexity index is 1060. The summed E-state index contributed by atoms with van der Waals surface area (Å²) in [6.45, 7) is 4.85. The molecule has 5 heterocycles. The third-order valence-electron chi connectivity index (χ3n) is 6.06. The fraction of sp³-hybridized carbons (Fsp3) is 0.400. The van der Waals surface area contributed by atoms with Gasteiger partial charge in [-0.25, -0.2) is 15.4 Å². The number of likely N-dealkylation sites (tertiary alicyclic amines) is 1. The molecule has 2 aliphatic heterocycles. The molecule has 1 spiro atoms. The molecule has 150 valence electrons. The molecule has 2 aliphatic rings. The van der Waals surface area contributed by atoms with Gasteiger partial charge >= 0.3 is 0 Å². The third kappa shape index (κ3) is 3.12. The SMILES string of the molecule is Cn1cc(CN2CC3(CCN(c4ncc(C(=O)NO)cn4)C3)C2)c2ncccc21. The Kier molecular flexibility index (Phi) is 4.21. The van der Waals surface area contributed by atoms with E-state index in [0.717, 1.165) is 44.7 Å². The van der Waals surface area contributed by atoms with E-state index in [-0.39, 0.29) is 11.0 Å². The number of carbonyl (C=O) groups is 1. The van der Waals surface area contributed by atoms with Gasteiger partial charge in [0.05, 0.1) is 16.6 Å². The molecule has 3 aromatic heterocycles. The molecular formula is C20H23N7O2.